The van der Waals surface area contributed by atoms with Crippen LogP contribution in [0.4, 0.5) is 4.79 Å². The smallest absolute Gasteiger partial charge is 0.410 e. The van der Waals surface area contributed by atoms with Gasteiger partial charge in [-0.05, 0) is 63.6 Å². The third kappa shape index (κ3) is 6.79. The van der Waals surface area contributed by atoms with E-state index in [1.165, 1.54) is 0 Å². The van der Waals surface area contributed by atoms with Crippen molar-refractivity contribution in [2.45, 2.75) is 39.3 Å². The van der Waals surface area contributed by atoms with Gasteiger partial charge < -0.3 is 15.0 Å². The second-order valence-corrected chi connectivity index (χ2v) is 9.85. The molecule has 0 unspecified atom stereocenters. The molecule has 3 aromatic rings. The molecule has 0 spiro atoms. The molecule has 1 aliphatic heterocycles. The first-order valence-corrected chi connectivity index (χ1v) is 12.1. The summed E-state index contributed by atoms with van der Waals surface area (Å²) in [6.07, 6.45) is 0.611. The highest BCUT2D eigenvalue weighted by Crippen LogP contribution is 2.14. The maximum Gasteiger partial charge on any atom is 0.410 e. The van der Waals surface area contributed by atoms with Gasteiger partial charge in [-0.3, -0.25) is 9.69 Å². The van der Waals surface area contributed by atoms with E-state index in [-0.39, 0.29) is 12.0 Å². The number of nitrogens with zero attached hydrogens (tertiary/aromatic N) is 5. The Morgan fingerprint density at radius 1 is 1.00 bits per heavy atom. The summed E-state index contributed by atoms with van der Waals surface area (Å²) in [5.41, 5.74) is 3.08. The molecule has 9 nitrogen and oxygen atoms in total. The van der Waals surface area contributed by atoms with Crippen LogP contribution in [0.1, 0.15) is 43.1 Å². The zero-order valence-electron chi connectivity index (χ0n) is 20.7. The van der Waals surface area contributed by atoms with E-state index in [4.69, 9.17) is 4.74 Å². The van der Waals surface area contributed by atoms with Gasteiger partial charge in [-0.1, -0.05) is 29.5 Å². The Morgan fingerprint density at radius 2 is 1.71 bits per heavy atom. The Hall–Kier alpha value is -3.46. The minimum atomic E-state index is -0.473. The largest absolute Gasteiger partial charge is 0.444 e. The zero-order valence-corrected chi connectivity index (χ0v) is 20.7. The number of ether oxygens (including phenoxy) is 1. The average Bonchev–Trinajstić information content (AvgIpc) is 3.24. The number of fused-ring (bicyclic) bond motifs is 1. The summed E-state index contributed by atoms with van der Waals surface area (Å²) in [6.45, 7) is 10.7. The van der Waals surface area contributed by atoms with E-state index in [1.807, 2.05) is 74.0 Å². The Labute approximate surface area is 206 Å². The quantitative estimate of drug-likeness (QED) is 0.525. The van der Waals surface area contributed by atoms with Crippen LogP contribution in [0, 0.1) is 0 Å². The number of para-hydroxylation sites is 1. The lowest BCUT2D eigenvalue weighted by atomic mass is 10.1. The average molecular weight is 479 g/mol. The third-order valence-electron chi connectivity index (χ3n) is 5.93. The van der Waals surface area contributed by atoms with Gasteiger partial charge in [0.1, 0.15) is 11.1 Å². The molecule has 2 heterocycles. The lowest BCUT2D eigenvalue weighted by molar-refractivity contribution is 0.0144. The molecule has 0 bridgehead atoms. The van der Waals surface area contributed by atoms with Gasteiger partial charge in [-0.15, -0.1) is 5.10 Å². The zero-order chi connectivity index (χ0) is 24.8. The number of carbonyl (C=O) groups is 2. The predicted molar refractivity (Wildman–Crippen MR) is 134 cm³/mol. The van der Waals surface area contributed by atoms with Gasteiger partial charge in [0.05, 0.1) is 12.1 Å². The predicted octanol–water partition coefficient (Wildman–Crippen LogP) is 3.15. The monoisotopic (exact) mass is 478 g/mol. The third-order valence-corrected chi connectivity index (χ3v) is 5.93. The van der Waals surface area contributed by atoms with Crippen LogP contribution in [-0.4, -0.2) is 81.7 Å². The van der Waals surface area contributed by atoms with Crippen LogP contribution in [0.3, 0.4) is 0 Å². The molecule has 0 radical (unpaired) electrons. The Balaban J connectivity index is 1.16. The van der Waals surface area contributed by atoms with E-state index in [2.05, 4.69) is 20.5 Å². The number of nitrogens with one attached hydrogen (secondary N) is 1. The van der Waals surface area contributed by atoms with Gasteiger partial charge >= 0.3 is 6.09 Å². The number of hydrogen-bond acceptors (Lipinski definition) is 6. The van der Waals surface area contributed by atoms with Crippen molar-refractivity contribution in [1.82, 2.24) is 30.1 Å². The van der Waals surface area contributed by atoms with E-state index >= 15 is 0 Å². The molecular formula is C26H34N6O3. The van der Waals surface area contributed by atoms with Crippen molar-refractivity contribution in [3.8, 4) is 0 Å². The molecule has 4 rings (SSSR count). The van der Waals surface area contributed by atoms with Crippen molar-refractivity contribution in [3.63, 3.8) is 0 Å². The molecule has 1 N–H and O–H groups in total. The van der Waals surface area contributed by atoms with Crippen LogP contribution in [-0.2, 0) is 11.3 Å². The highest BCUT2D eigenvalue weighted by molar-refractivity contribution is 5.94. The van der Waals surface area contributed by atoms with Crippen LogP contribution < -0.4 is 5.32 Å². The van der Waals surface area contributed by atoms with Crippen molar-refractivity contribution >= 4 is 23.0 Å². The fourth-order valence-electron chi connectivity index (χ4n) is 4.06. The Kier molecular flexibility index (Phi) is 7.65. The van der Waals surface area contributed by atoms with Gasteiger partial charge in [0, 0.05) is 38.3 Å². The summed E-state index contributed by atoms with van der Waals surface area (Å²) in [5.74, 6) is -0.0718. The number of aromatic nitrogens is 3. The summed E-state index contributed by atoms with van der Waals surface area (Å²) < 4.78 is 7.30. The van der Waals surface area contributed by atoms with Crippen LogP contribution >= 0.6 is 0 Å². The van der Waals surface area contributed by atoms with E-state index in [1.54, 1.807) is 4.90 Å². The number of hydrogen-bond donors (Lipinski definition) is 1. The molecule has 1 fully saturated rings. The van der Waals surface area contributed by atoms with E-state index in [9.17, 15) is 9.59 Å². The number of benzene rings is 2. The molecule has 186 valence electrons. The molecule has 1 aromatic heterocycles. The lowest BCUT2D eigenvalue weighted by Gasteiger charge is -2.35. The van der Waals surface area contributed by atoms with Gasteiger partial charge in [0.15, 0.2) is 0 Å². The minimum absolute atomic E-state index is 0.0718. The van der Waals surface area contributed by atoms with E-state index in [0.717, 1.165) is 42.7 Å². The standard InChI is InChI=1S/C26H34N6O3/c1-26(2,3)35-25(34)31-17-15-30(16-18-31)14-6-13-27-24(33)21-11-9-20(10-12-21)19-32-23-8-5-4-7-22(23)28-29-32/h4-5,7-12H,6,13-19H2,1-3H3,(H,27,33). The topological polar surface area (TPSA) is 92.6 Å². The van der Waals surface area contributed by atoms with Gasteiger partial charge in [0.25, 0.3) is 5.91 Å². The highest BCUT2D eigenvalue weighted by atomic mass is 16.6. The molecule has 0 aliphatic carbocycles. The summed E-state index contributed by atoms with van der Waals surface area (Å²) >= 11 is 0. The highest BCUT2D eigenvalue weighted by Gasteiger charge is 2.25. The SMILES string of the molecule is CC(C)(C)OC(=O)N1CCN(CCCNC(=O)c2ccc(Cn3nnc4ccccc43)cc2)CC1. The molecule has 2 amide bonds. The van der Waals surface area contributed by atoms with Crippen molar-refractivity contribution < 1.29 is 14.3 Å². The molecule has 1 saturated heterocycles. The number of amides is 2. The number of rotatable bonds is 7. The molecule has 0 saturated carbocycles. The fraction of sp³-hybridized carbons (Fsp3) is 0.462. The molecule has 35 heavy (non-hydrogen) atoms. The molecule has 9 heteroatoms. The number of piperazine rings is 1. The van der Waals surface area contributed by atoms with Crippen LogP contribution in [0.25, 0.3) is 11.0 Å². The Morgan fingerprint density at radius 3 is 2.43 bits per heavy atom. The molecule has 1 aliphatic rings. The maximum atomic E-state index is 12.5. The number of carbonyl (C=O) groups excluding carboxylic acids is 2. The van der Waals surface area contributed by atoms with Crippen molar-refractivity contribution in [3.05, 3.63) is 59.7 Å². The Bertz CT molecular complexity index is 1140. The van der Waals surface area contributed by atoms with E-state index in [0.29, 0.717) is 31.7 Å². The summed E-state index contributed by atoms with van der Waals surface area (Å²) in [5, 5.41) is 11.4. The lowest BCUT2D eigenvalue weighted by Crippen LogP contribution is -2.50. The normalized spacial score (nSPS) is 14.8. The second kappa shape index (κ2) is 10.9. The van der Waals surface area contributed by atoms with Crippen LogP contribution in [0.15, 0.2) is 48.5 Å². The van der Waals surface area contributed by atoms with Gasteiger partial charge in [-0.2, -0.15) is 0 Å². The van der Waals surface area contributed by atoms with Crippen LogP contribution in [0.5, 0.6) is 0 Å². The maximum absolute atomic E-state index is 12.5. The van der Waals surface area contributed by atoms with Crippen molar-refractivity contribution in [2.24, 2.45) is 0 Å². The molecule has 2 aromatic carbocycles. The van der Waals surface area contributed by atoms with Crippen molar-refractivity contribution in [2.75, 3.05) is 39.3 Å². The van der Waals surface area contributed by atoms with Gasteiger partial charge in [0.2, 0.25) is 0 Å². The second-order valence-electron chi connectivity index (χ2n) is 9.85. The van der Waals surface area contributed by atoms with Gasteiger partial charge in [-0.25, -0.2) is 9.48 Å². The summed E-state index contributed by atoms with van der Waals surface area (Å²) in [4.78, 5) is 28.8. The fourth-order valence-corrected chi connectivity index (χ4v) is 4.06. The molecular weight excluding hydrogens is 444 g/mol. The first kappa shape index (κ1) is 24.7. The first-order chi connectivity index (χ1) is 16.8. The van der Waals surface area contributed by atoms with Crippen molar-refractivity contribution in [1.29, 1.82) is 0 Å². The molecule has 0 atom stereocenters. The first-order valence-electron chi connectivity index (χ1n) is 12.1. The summed E-state index contributed by atoms with van der Waals surface area (Å²) in [7, 11) is 0. The van der Waals surface area contributed by atoms with Crippen LogP contribution in [0.2, 0.25) is 0 Å². The van der Waals surface area contributed by atoms with E-state index < -0.39 is 5.60 Å². The summed E-state index contributed by atoms with van der Waals surface area (Å²) in [6, 6.07) is 15.5. The minimum Gasteiger partial charge on any atom is -0.444 e.